The van der Waals surface area contributed by atoms with Crippen LogP contribution in [0.1, 0.15) is 52.4 Å². The van der Waals surface area contributed by atoms with Gasteiger partial charge in [0.05, 0.1) is 6.10 Å². The highest BCUT2D eigenvalue weighted by atomic mass is 16.5. The zero-order valence-electron chi connectivity index (χ0n) is 10.7. The molecule has 0 atom stereocenters. The van der Waals surface area contributed by atoms with Crippen LogP contribution in [0.4, 0.5) is 0 Å². The minimum Gasteiger partial charge on any atom is -0.491 e. The summed E-state index contributed by atoms with van der Waals surface area (Å²) in [6.07, 6.45) is 14.1. The number of hydrogen-bond acceptors (Lipinski definition) is 1. The summed E-state index contributed by atoms with van der Waals surface area (Å²) in [6.45, 7) is 8.24. The lowest BCUT2D eigenvalue weighted by atomic mass is 10.2. The molecule has 1 heteroatoms. The molecular formula is C15H24O. The summed E-state index contributed by atoms with van der Waals surface area (Å²) in [7, 11) is 0. The Morgan fingerprint density at radius 2 is 2.06 bits per heavy atom. The van der Waals surface area contributed by atoms with E-state index in [-0.39, 0.29) is 0 Å². The third-order valence-electron chi connectivity index (χ3n) is 2.99. The number of ether oxygens (including phenoxy) is 1. The van der Waals surface area contributed by atoms with E-state index in [9.17, 15) is 0 Å². The summed E-state index contributed by atoms with van der Waals surface area (Å²) in [4.78, 5) is 0. The number of rotatable bonds is 6. The third kappa shape index (κ3) is 4.69. The lowest BCUT2D eigenvalue weighted by Gasteiger charge is -2.15. The first-order valence-corrected chi connectivity index (χ1v) is 6.43. The Balaban J connectivity index is 2.34. The molecule has 0 heterocycles. The van der Waals surface area contributed by atoms with Crippen molar-refractivity contribution in [1.29, 1.82) is 0 Å². The predicted molar refractivity (Wildman–Crippen MR) is 70.3 cm³/mol. The summed E-state index contributed by atoms with van der Waals surface area (Å²) in [5.41, 5.74) is 1.14. The molecule has 1 rings (SSSR count). The van der Waals surface area contributed by atoms with Gasteiger partial charge in [-0.15, -0.1) is 0 Å². The topological polar surface area (TPSA) is 9.23 Å². The molecule has 0 aromatic carbocycles. The summed E-state index contributed by atoms with van der Waals surface area (Å²) in [6, 6.07) is 0. The van der Waals surface area contributed by atoms with E-state index in [1.807, 2.05) is 0 Å². The Bertz CT molecular complexity index is 267. The average Bonchev–Trinajstić information content (AvgIpc) is 2.76. The summed E-state index contributed by atoms with van der Waals surface area (Å²) in [5, 5.41) is 0. The molecule has 1 nitrogen and oxygen atoms in total. The van der Waals surface area contributed by atoms with Crippen LogP contribution in [-0.2, 0) is 4.74 Å². The smallest absolute Gasteiger partial charge is 0.115 e. The van der Waals surface area contributed by atoms with Gasteiger partial charge in [0.15, 0.2) is 0 Å². The van der Waals surface area contributed by atoms with E-state index >= 15 is 0 Å². The van der Waals surface area contributed by atoms with E-state index in [0.717, 1.165) is 17.8 Å². The molecule has 1 fully saturated rings. The zero-order chi connectivity index (χ0) is 11.8. The second-order valence-corrected chi connectivity index (χ2v) is 4.51. The highest BCUT2D eigenvalue weighted by Crippen LogP contribution is 2.24. The van der Waals surface area contributed by atoms with Gasteiger partial charge >= 0.3 is 0 Å². The van der Waals surface area contributed by atoms with Crippen molar-refractivity contribution in [2.24, 2.45) is 0 Å². The quantitative estimate of drug-likeness (QED) is 0.463. The van der Waals surface area contributed by atoms with Crippen LogP contribution >= 0.6 is 0 Å². The zero-order valence-corrected chi connectivity index (χ0v) is 10.7. The fourth-order valence-electron chi connectivity index (χ4n) is 1.87. The molecular weight excluding hydrogens is 196 g/mol. The van der Waals surface area contributed by atoms with Gasteiger partial charge < -0.3 is 4.74 Å². The van der Waals surface area contributed by atoms with E-state index in [1.54, 1.807) is 0 Å². The molecule has 0 radical (unpaired) electrons. The number of unbranched alkanes of at least 4 members (excludes halogenated alkanes) is 1. The van der Waals surface area contributed by atoms with Crippen LogP contribution in [0, 0.1) is 0 Å². The third-order valence-corrected chi connectivity index (χ3v) is 2.99. The molecule has 16 heavy (non-hydrogen) atoms. The van der Waals surface area contributed by atoms with Crippen LogP contribution in [0.5, 0.6) is 0 Å². The van der Waals surface area contributed by atoms with Crippen LogP contribution in [0.25, 0.3) is 0 Å². The molecule has 0 spiro atoms. The number of allylic oxidation sites excluding steroid dienone is 4. The first kappa shape index (κ1) is 13.1. The van der Waals surface area contributed by atoms with Crippen LogP contribution in [0.15, 0.2) is 36.1 Å². The van der Waals surface area contributed by atoms with Crippen molar-refractivity contribution in [1.82, 2.24) is 0 Å². The van der Waals surface area contributed by atoms with E-state index in [1.165, 1.54) is 32.1 Å². The summed E-state index contributed by atoms with van der Waals surface area (Å²) < 4.78 is 5.83. The van der Waals surface area contributed by atoms with Crippen LogP contribution in [0.2, 0.25) is 0 Å². The van der Waals surface area contributed by atoms with Gasteiger partial charge in [-0.3, -0.25) is 0 Å². The van der Waals surface area contributed by atoms with Gasteiger partial charge in [0.1, 0.15) is 5.76 Å². The largest absolute Gasteiger partial charge is 0.491 e. The minimum atomic E-state index is 0.412. The van der Waals surface area contributed by atoms with Gasteiger partial charge in [0, 0.05) is 0 Å². The molecule has 0 saturated heterocycles. The Kier molecular flexibility index (Phi) is 5.99. The van der Waals surface area contributed by atoms with Crippen molar-refractivity contribution in [2.75, 3.05) is 0 Å². The van der Waals surface area contributed by atoms with Crippen molar-refractivity contribution in [3.63, 3.8) is 0 Å². The second kappa shape index (κ2) is 7.32. The molecule has 1 aliphatic carbocycles. The Labute approximate surface area is 99.9 Å². The van der Waals surface area contributed by atoms with Crippen molar-refractivity contribution < 1.29 is 4.74 Å². The van der Waals surface area contributed by atoms with Crippen LogP contribution < -0.4 is 0 Å². The van der Waals surface area contributed by atoms with E-state index in [0.29, 0.717) is 6.10 Å². The van der Waals surface area contributed by atoms with E-state index < -0.39 is 0 Å². The molecule has 0 N–H and O–H groups in total. The fraction of sp³-hybridized carbons (Fsp3) is 0.600. The van der Waals surface area contributed by atoms with E-state index in [2.05, 4.69) is 38.7 Å². The molecule has 1 saturated carbocycles. The first-order chi connectivity index (χ1) is 7.74. The molecule has 0 bridgehead atoms. The normalized spacial score (nSPS) is 18.2. The molecule has 0 aromatic heterocycles. The average molecular weight is 220 g/mol. The van der Waals surface area contributed by atoms with Crippen molar-refractivity contribution in [3.8, 4) is 0 Å². The Morgan fingerprint density at radius 3 is 2.69 bits per heavy atom. The highest BCUT2D eigenvalue weighted by Gasteiger charge is 2.16. The molecule has 0 amide bonds. The van der Waals surface area contributed by atoms with Gasteiger partial charge in [0.2, 0.25) is 0 Å². The predicted octanol–water partition coefficient (Wildman–Crippen LogP) is 4.76. The molecule has 0 unspecified atom stereocenters. The van der Waals surface area contributed by atoms with Crippen LogP contribution in [0.3, 0.4) is 0 Å². The highest BCUT2D eigenvalue weighted by molar-refractivity contribution is 5.25. The lowest BCUT2D eigenvalue weighted by molar-refractivity contribution is 0.129. The van der Waals surface area contributed by atoms with Crippen molar-refractivity contribution in [3.05, 3.63) is 36.1 Å². The van der Waals surface area contributed by atoms with Gasteiger partial charge in [-0.05, 0) is 44.6 Å². The van der Waals surface area contributed by atoms with E-state index in [4.69, 9.17) is 4.74 Å². The van der Waals surface area contributed by atoms with Crippen molar-refractivity contribution >= 4 is 0 Å². The monoisotopic (exact) mass is 220 g/mol. The minimum absolute atomic E-state index is 0.412. The maximum Gasteiger partial charge on any atom is 0.115 e. The molecule has 0 aromatic rings. The molecule has 0 aliphatic heterocycles. The summed E-state index contributed by atoms with van der Waals surface area (Å²) >= 11 is 0. The molecule has 90 valence electrons. The number of hydrogen-bond donors (Lipinski definition) is 0. The van der Waals surface area contributed by atoms with Crippen molar-refractivity contribution in [2.45, 2.75) is 58.5 Å². The SMILES string of the molecule is C=C(OC1CCCC1)/C(C)=C\C=C/CCC. The fourth-order valence-corrected chi connectivity index (χ4v) is 1.87. The van der Waals surface area contributed by atoms with Crippen LogP contribution in [-0.4, -0.2) is 6.10 Å². The maximum atomic E-state index is 5.83. The Morgan fingerprint density at radius 1 is 1.38 bits per heavy atom. The lowest BCUT2D eigenvalue weighted by Crippen LogP contribution is -2.06. The van der Waals surface area contributed by atoms with Gasteiger partial charge in [-0.25, -0.2) is 0 Å². The van der Waals surface area contributed by atoms with Gasteiger partial charge in [-0.2, -0.15) is 0 Å². The first-order valence-electron chi connectivity index (χ1n) is 6.43. The summed E-state index contributed by atoms with van der Waals surface area (Å²) in [5.74, 6) is 0.841. The van der Waals surface area contributed by atoms with Gasteiger partial charge in [-0.1, -0.05) is 38.2 Å². The standard InChI is InChI=1S/C15H24O/c1-4-5-6-7-10-13(2)14(3)16-15-11-8-9-12-15/h6-7,10,15H,3-5,8-9,11-12H2,1-2H3/b7-6-,13-10-. The molecule has 1 aliphatic rings. The Hall–Kier alpha value is -0.980. The second-order valence-electron chi connectivity index (χ2n) is 4.51. The maximum absolute atomic E-state index is 5.83. The van der Waals surface area contributed by atoms with Gasteiger partial charge in [0.25, 0.3) is 0 Å².